The molecule has 0 aliphatic carbocycles. The second kappa shape index (κ2) is 7.08. The number of amides is 1. The average Bonchev–Trinajstić information content (AvgIpc) is 3.26. The zero-order valence-corrected chi connectivity index (χ0v) is 14.1. The Morgan fingerprint density at radius 3 is 2.88 bits per heavy atom. The molecule has 0 bridgehead atoms. The predicted octanol–water partition coefficient (Wildman–Crippen LogP) is 2.50. The SMILES string of the molecule is CO[C@@H](c1cc(C(=O)Nc2cc([C@H]3CCCO3)[nH]n2)n(C)n1)C(F)(F)F. The van der Waals surface area contributed by atoms with E-state index in [-0.39, 0.29) is 17.6 Å². The lowest BCUT2D eigenvalue weighted by Gasteiger charge is -2.15. The van der Waals surface area contributed by atoms with Gasteiger partial charge in [0.05, 0.1) is 11.8 Å². The highest BCUT2D eigenvalue weighted by Crippen LogP contribution is 2.35. The molecule has 0 spiro atoms. The van der Waals surface area contributed by atoms with Crippen molar-refractivity contribution in [1.29, 1.82) is 0 Å². The number of alkyl halides is 3. The van der Waals surface area contributed by atoms with Gasteiger partial charge in [-0.15, -0.1) is 0 Å². The van der Waals surface area contributed by atoms with Gasteiger partial charge in [0, 0.05) is 26.8 Å². The number of halogens is 3. The highest BCUT2D eigenvalue weighted by Gasteiger charge is 2.43. The topological polar surface area (TPSA) is 94.1 Å². The van der Waals surface area contributed by atoms with E-state index in [0.717, 1.165) is 36.4 Å². The second-order valence-corrected chi connectivity index (χ2v) is 5.90. The molecule has 2 aromatic rings. The molecule has 3 heterocycles. The zero-order chi connectivity index (χ0) is 18.9. The Balaban J connectivity index is 1.74. The van der Waals surface area contributed by atoms with Gasteiger partial charge in [0.25, 0.3) is 5.91 Å². The molecular weight excluding hydrogens is 355 g/mol. The summed E-state index contributed by atoms with van der Waals surface area (Å²) < 4.78 is 49.9. The first-order chi connectivity index (χ1) is 12.3. The van der Waals surface area contributed by atoms with Crippen LogP contribution in [0.3, 0.4) is 0 Å². The number of hydrogen-bond acceptors (Lipinski definition) is 5. The van der Waals surface area contributed by atoms with Crippen LogP contribution in [0.25, 0.3) is 0 Å². The van der Waals surface area contributed by atoms with Crippen molar-refractivity contribution < 1.29 is 27.4 Å². The van der Waals surface area contributed by atoms with Crippen LogP contribution in [0.15, 0.2) is 12.1 Å². The van der Waals surface area contributed by atoms with E-state index in [1.807, 2.05) is 0 Å². The van der Waals surface area contributed by atoms with Crippen molar-refractivity contribution in [1.82, 2.24) is 20.0 Å². The van der Waals surface area contributed by atoms with Crippen molar-refractivity contribution in [3.8, 4) is 0 Å². The molecule has 8 nitrogen and oxygen atoms in total. The van der Waals surface area contributed by atoms with Crippen LogP contribution < -0.4 is 5.32 Å². The van der Waals surface area contributed by atoms with Gasteiger partial charge in [-0.05, 0) is 18.9 Å². The molecular formula is C15H18F3N5O3. The molecule has 1 fully saturated rings. The highest BCUT2D eigenvalue weighted by atomic mass is 19.4. The molecule has 2 N–H and O–H groups in total. The molecule has 1 saturated heterocycles. The third-order valence-electron chi connectivity index (χ3n) is 4.05. The number of nitrogens with one attached hydrogen (secondary N) is 2. The minimum atomic E-state index is -4.63. The van der Waals surface area contributed by atoms with Crippen LogP contribution in [0.2, 0.25) is 0 Å². The minimum absolute atomic E-state index is 0.0482. The van der Waals surface area contributed by atoms with Crippen LogP contribution >= 0.6 is 0 Å². The Bertz CT molecular complexity index is 780. The summed E-state index contributed by atoms with van der Waals surface area (Å²) in [6, 6.07) is 2.68. The largest absolute Gasteiger partial charge is 0.420 e. The smallest absolute Gasteiger partial charge is 0.372 e. The van der Waals surface area contributed by atoms with Crippen molar-refractivity contribution in [3.63, 3.8) is 0 Å². The molecule has 3 rings (SSSR count). The number of anilines is 1. The average molecular weight is 373 g/mol. The standard InChI is InChI=1S/C15H18F3N5O3/c1-23-10(6-9(22-23)13(25-2)15(16,17)18)14(24)19-12-7-8(20-21-12)11-4-3-5-26-11/h6-7,11,13H,3-5H2,1-2H3,(H2,19,20,21,24)/t11-,13+/m1/s1. The lowest BCUT2D eigenvalue weighted by Crippen LogP contribution is -2.23. The fourth-order valence-electron chi connectivity index (χ4n) is 2.82. The summed E-state index contributed by atoms with van der Waals surface area (Å²) in [6.07, 6.45) is -5.12. The number of carbonyl (C=O) groups excluding carboxylic acids is 1. The lowest BCUT2D eigenvalue weighted by atomic mass is 10.2. The van der Waals surface area contributed by atoms with Gasteiger partial charge >= 0.3 is 6.18 Å². The summed E-state index contributed by atoms with van der Waals surface area (Å²) in [5, 5.41) is 13.0. The molecule has 0 radical (unpaired) electrons. The Hall–Kier alpha value is -2.40. The van der Waals surface area contributed by atoms with Crippen LogP contribution in [0, 0.1) is 0 Å². The molecule has 2 aromatic heterocycles. The number of ether oxygens (including phenoxy) is 2. The van der Waals surface area contributed by atoms with Crippen LogP contribution in [-0.4, -0.2) is 45.8 Å². The molecule has 1 amide bonds. The van der Waals surface area contributed by atoms with Gasteiger partial charge in [-0.1, -0.05) is 0 Å². The van der Waals surface area contributed by atoms with Gasteiger partial charge in [-0.25, -0.2) is 0 Å². The maximum Gasteiger partial charge on any atom is 0.420 e. The Kier molecular flexibility index (Phi) is 5.01. The molecule has 0 saturated carbocycles. The summed E-state index contributed by atoms with van der Waals surface area (Å²) in [6.45, 7) is 0.670. The van der Waals surface area contributed by atoms with Gasteiger partial charge in [0.1, 0.15) is 11.4 Å². The van der Waals surface area contributed by atoms with Gasteiger partial charge in [-0.3, -0.25) is 14.6 Å². The van der Waals surface area contributed by atoms with Gasteiger partial charge in [0.15, 0.2) is 11.9 Å². The second-order valence-electron chi connectivity index (χ2n) is 5.90. The van der Waals surface area contributed by atoms with Crippen LogP contribution in [0.1, 0.15) is 46.9 Å². The van der Waals surface area contributed by atoms with Crippen molar-refractivity contribution >= 4 is 11.7 Å². The molecule has 2 atom stereocenters. The molecule has 142 valence electrons. The fourth-order valence-corrected chi connectivity index (χ4v) is 2.82. The van der Waals surface area contributed by atoms with E-state index >= 15 is 0 Å². The van der Waals surface area contributed by atoms with Crippen LogP contribution in [0.4, 0.5) is 19.0 Å². The Labute approximate surface area is 146 Å². The van der Waals surface area contributed by atoms with E-state index in [9.17, 15) is 18.0 Å². The first kappa shape index (κ1) is 18.4. The number of nitrogens with zero attached hydrogens (tertiary/aromatic N) is 3. The van der Waals surface area contributed by atoms with E-state index in [1.165, 1.54) is 7.05 Å². The normalized spacial score (nSPS) is 18.9. The van der Waals surface area contributed by atoms with E-state index in [0.29, 0.717) is 6.61 Å². The Morgan fingerprint density at radius 1 is 1.50 bits per heavy atom. The number of aromatic amines is 1. The summed E-state index contributed by atoms with van der Waals surface area (Å²) in [4.78, 5) is 12.4. The van der Waals surface area contributed by atoms with Crippen molar-refractivity contribution in [2.45, 2.75) is 31.2 Å². The monoisotopic (exact) mass is 373 g/mol. The number of rotatable bonds is 5. The minimum Gasteiger partial charge on any atom is -0.372 e. The summed E-state index contributed by atoms with van der Waals surface area (Å²) in [5.74, 6) is -0.379. The number of methoxy groups -OCH3 is 1. The number of H-pyrrole nitrogens is 1. The van der Waals surface area contributed by atoms with E-state index in [2.05, 4.69) is 25.3 Å². The molecule has 1 aliphatic rings. The Morgan fingerprint density at radius 2 is 2.27 bits per heavy atom. The first-order valence-electron chi connectivity index (χ1n) is 7.91. The van der Waals surface area contributed by atoms with Crippen molar-refractivity contribution in [2.75, 3.05) is 19.0 Å². The first-order valence-corrected chi connectivity index (χ1v) is 7.91. The summed E-state index contributed by atoms with van der Waals surface area (Å²) >= 11 is 0. The quantitative estimate of drug-likeness (QED) is 0.840. The zero-order valence-electron chi connectivity index (χ0n) is 14.1. The third-order valence-corrected chi connectivity index (χ3v) is 4.05. The number of hydrogen-bond donors (Lipinski definition) is 2. The van der Waals surface area contributed by atoms with Crippen molar-refractivity contribution in [3.05, 3.63) is 29.2 Å². The number of carbonyl (C=O) groups is 1. The predicted molar refractivity (Wildman–Crippen MR) is 83.5 cm³/mol. The molecule has 11 heteroatoms. The third kappa shape index (κ3) is 3.73. The van der Waals surface area contributed by atoms with E-state index < -0.39 is 23.9 Å². The molecule has 1 aliphatic heterocycles. The number of aromatic nitrogens is 4. The summed E-state index contributed by atoms with van der Waals surface area (Å²) in [7, 11) is 2.31. The van der Waals surface area contributed by atoms with Gasteiger partial charge < -0.3 is 14.8 Å². The van der Waals surface area contributed by atoms with Crippen LogP contribution in [0.5, 0.6) is 0 Å². The molecule has 0 aromatic carbocycles. The van der Waals surface area contributed by atoms with E-state index in [1.54, 1.807) is 6.07 Å². The van der Waals surface area contributed by atoms with Gasteiger partial charge in [0.2, 0.25) is 0 Å². The van der Waals surface area contributed by atoms with Gasteiger partial charge in [-0.2, -0.15) is 23.4 Å². The number of aryl methyl sites for hydroxylation is 1. The summed E-state index contributed by atoms with van der Waals surface area (Å²) in [5.41, 5.74) is 0.294. The van der Waals surface area contributed by atoms with Crippen molar-refractivity contribution in [2.24, 2.45) is 7.05 Å². The van der Waals surface area contributed by atoms with E-state index in [4.69, 9.17) is 4.74 Å². The highest BCUT2D eigenvalue weighted by molar-refractivity contribution is 6.02. The molecule has 0 unspecified atom stereocenters. The maximum absolute atomic E-state index is 12.9. The lowest BCUT2D eigenvalue weighted by molar-refractivity contribution is -0.217. The maximum atomic E-state index is 12.9. The fraction of sp³-hybridized carbons (Fsp3) is 0.533. The molecule has 26 heavy (non-hydrogen) atoms. The van der Waals surface area contributed by atoms with Crippen LogP contribution in [-0.2, 0) is 16.5 Å².